The molecule has 1 aliphatic heterocycles. The molecule has 1 saturated heterocycles. The monoisotopic (exact) mass is 246 g/mol. The number of hydrogen-bond acceptors (Lipinski definition) is 2. The minimum Gasteiger partial charge on any atom is -0.371 e. The quantitative estimate of drug-likeness (QED) is 0.762. The molecule has 0 bridgehead atoms. The van der Waals surface area contributed by atoms with Gasteiger partial charge in [-0.2, -0.15) is 13.2 Å². The third-order valence-corrected chi connectivity index (χ3v) is 2.62. The summed E-state index contributed by atoms with van der Waals surface area (Å²) in [5.74, 6) is 0. The van der Waals surface area contributed by atoms with Crippen LogP contribution in [-0.2, 0) is 9.47 Å². The molecule has 2 rings (SSSR count). The van der Waals surface area contributed by atoms with Gasteiger partial charge in [-0.05, 0) is 18.1 Å². The summed E-state index contributed by atoms with van der Waals surface area (Å²) >= 11 is 0. The predicted molar refractivity (Wildman–Crippen MR) is 55.7 cm³/mol. The normalized spacial score (nSPS) is 21.3. The van der Waals surface area contributed by atoms with Gasteiger partial charge in [-0.3, -0.25) is 0 Å². The van der Waals surface area contributed by atoms with E-state index in [0.717, 1.165) is 0 Å². The van der Waals surface area contributed by atoms with Crippen LogP contribution < -0.4 is 0 Å². The Labute approximate surface area is 97.3 Å². The van der Waals surface area contributed by atoms with Gasteiger partial charge >= 0.3 is 6.18 Å². The SMILES string of the molecule is Cc1ccccc1[C@@H](OC[C@H]1CO1)C(F)(F)F. The lowest BCUT2D eigenvalue weighted by Crippen LogP contribution is -2.25. The number of hydrogen-bond donors (Lipinski definition) is 0. The van der Waals surface area contributed by atoms with Crippen molar-refractivity contribution in [3.8, 4) is 0 Å². The molecule has 0 aromatic heterocycles. The molecule has 2 atom stereocenters. The van der Waals surface area contributed by atoms with E-state index in [0.29, 0.717) is 12.2 Å². The van der Waals surface area contributed by atoms with Crippen molar-refractivity contribution in [2.75, 3.05) is 13.2 Å². The van der Waals surface area contributed by atoms with Crippen LogP contribution in [0.25, 0.3) is 0 Å². The second-order valence-electron chi connectivity index (χ2n) is 4.07. The fraction of sp³-hybridized carbons (Fsp3) is 0.500. The van der Waals surface area contributed by atoms with Gasteiger partial charge in [0.05, 0.1) is 13.2 Å². The van der Waals surface area contributed by atoms with Gasteiger partial charge < -0.3 is 9.47 Å². The summed E-state index contributed by atoms with van der Waals surface area (Å²) in [6.45, 7) is 2.11. The molecule has 0 radical (unpaired) electrons. The molecule has 0 aliphatic carbocycles. The molecular weight excluding hydrogens is 233 g/mol. The van der Waals surface area contributed by atoms with Crippen LogP contribution in [-0.4, -0.2) is 25.5 Å². The maximum atomic E-state index is 12.9. The van der Waals surface area contributed by atoms with E-state index < -0.39 is 12.3 Å². The predicted octanol–water partition coefficient (Wildman–Crippen LogP) is 3.01. The Morgan fingerprint density at radius 1 is 1.41 bits per heavy atom. The van der Waals surface area contributed by atoms with Crippen molar-refractivity contribution in [1.82, 2.24) is 0 Å². The van der Waals surface area contributed by atoms with Gasteiger partial charge in [-0.15, -0.1) is 0 Å². The highest BCUT2D eigenvalue weighted by atomic mass is 19.4. The van der Waals surface area contributed by atoms with Crippen LogP contribution >= 0.6 is 0 Å². The Morgan fingerprint density at radius 3 is 2.59 bits per heavy atom. The standard InChI is InChI=1S/C12H13F3O2/c1-8-4-2-3-5-10(8)11(12(13,14)15)17-7-9-6-16-9/h2-5,9,11H,6-7H2,1H3/t9-,11-/m1/s1. The number of halogens is 3. The first-order valence-corrected chi connectivity index (χ1v) is 5.34. The van der Waals surface area contributed by atoms with Crippen LogP contribution in [0.4, 0.5) is 13.2 Å². The van der Waals surface area contributed by atoms with Crippen LogP contribution in [0.1, 0.15) is 17.2 Å². The zero-order chi connectivity index (χ0) is 12.5. The van der Waals surface area contributed by atoms with Crippen molar-refractivity contribution in [2.45, 2.75) is 25.3 Å². The largest absolute Gasteiger partial charge is 0.418 e. The molecule has 17 heavy (non-hydrogen) atoms. The number of alkyl halides is 3. The van der Waals surface area contributed by atoms with E-state index in [-0.39, 0.29) is 18.3 Å². The topological polar surface area (TPSA) is 21.8 Å². The van der Waals surface area contributed by atoms with Crippen molar-refractivity contribution in [3.63, 3.8) is 0 Å². The molecule has 0 saturated carbocycles. The smallest absolute Gasteiger partial charge is 0.371 e. The highest BCUT2D eigenvalue weighted by Crippen LogP contribution is 2.37. The summed E-state index contributed by atoms with van der Waals surface area (Å²) in [5, 5.41) is 0. The van der Waals surface area contributed by atoms with Crippen LogP contribution in [0.2, 0.25) is 0 Å². The summed E-state index contributed by atoms with van der Waals surface area (Å²) in [4.78, 5) is 0. The van der Waals surface area contributed by atoms with E-state index >= 15 is 0 Å². The molecular formula is C12H13F3O2. The van der Waals surface area contributed by atoms with Gasteiger partial charge in [0.1, 0.15) is 6.10 Å². The molecule has 2 nitrogen and oxygen atoms in total. The van der Waals surface area contributed by atoms with Crippen molar-refractivity contribution >= 4 is 0 Å². The Hall–Kier alpha value is -1.07. The molecule has 1 heterocycles. The van der Waals surface area contributed by atoms with Crippen molar-refractivity contribution in [1.29, 1.82) is 0 Å². The van der Waals surface area contributed by atoms with Gasteiger partial charge in [0.2, 0.25) is 0 Å². The summed E-state index contributed by atoms with van der Waals surface area (Å²) in [5.41, 5.74) is 0.743. The molecule has 0 unspecified atom stereocenters. The third kappa shape index (κ3) is 3.20. The highest BCUT2D eigenvalue weighted by molar-refractivity contribution is 5.28. The molecule has 5 heteroatoms. The Bertz CT molecular complexity index is 386. The summed E-state index contributed by atoms with van der Waals surface area (Å²) in [7, 11) is 0. The Kier molecular flexibility index (Phi) is 3.40. The highest BCUT2D eigenvalue weighted by Gasteiger charge is 2.43. The molecule has 1 aromatic carbocycles. The zero-order valence-corrected chi connectivity index (χ0v) is 9.33. The van der Waals surface area contributed by atoms with Gasteiger partial charge in [0.15, 0.2) is 6.10 Å². The first-order valence-electron chi connectivity index (χ1n) is 5.34. The Morgan fingerprint density at radius 2 is 2.06 bits per heavy atom. The van der Waals surface area contributed by atoms with E-state index in [4.69, 9.17) is 9.47 Å². The average molecular weight is 246 g/mol. The molecule has 1 aliphatic rings. The number of epoxide rings is 1. The summed E-state index contributed by atoms with van der Waals surface area (Å²) < 4.78 is 48.5. The Balaban J connectivity index is 2.16. The molecule has 1 aromatic rings. The molecule has 1 fully saturated rings. The van der Waals surface area contributed by atoms with Gasteiger partial charge in [-0.1, -0.05) is 24.3 Å². The van der Waals surface area contributed by atoms with Crippen molar-refractivity contribution < 1.29 is 22.6 Å². The van der Waals surface area contributed by atoms with Gasteiger partial charge in [-0.25, -0.2) is 0 Å². The van der Waals surface area contributed by atoms with E-state index in [9.17, 15) is 13.2 Å². The maximum Gasteiger partial charge on any atom is 0.418 e. The minimum atomic E-state index is -4.40. The minimum absolute atomic E-state index is 0.0154. The average Bonchev–Trinajstić information content (AvgIpc) is 3.03. The number of benzene rings is 1. The number of rotatable bonds is 4. The van der Waals surface area contributed by atoms with E-state index in [1.54, 1.807) is 25.1 Å². The van der Waals surface area contributed by atoms with E-state index in [1.165, 1.54) is 6.07 Å². The van der Waals surface area contributed by atoms with Crippen molar-refractivity contribution in [2.24, 2.45) is 0 Å². The van der Waals surface area contributed by atoms with E-state index in [1.807, 2.05) is 0 Å². The molecule has 0 spiro atoms. The lowest BCUT2D eigenvalue weighted by atomic mass is 10.0. The first-order chi connectivity index (χ1) is 7.98. The third-order valence-electron chi connectivity index (χ3n) is 2.62. The lowest BCUT2D eigenvalue weighted by Gasteiger charge is -2.22. The molecule has 0 N–H and O–H groups in total. The van der Waals surface area contributed by atoms with Crippen molar-refractivity contribution in [3.05, 3.63) is 35.4 Å². The fourth-order valence-electron chi connectivity index (χ4n) is 1.61. The lowest BCUT2D eigenvalue weighted by molar-refractivity contribution is -0.224. The first kappa shape index (κ1) is 12.4. The maximum absolute atomic E-state index is 12.9. The second kappa shape index (κ2) is 4.66. The van der Waals surface area contributed by atoms with Crippen LogP contribution in [0, 0.1) is 6.92 Å². The van der Waals surface area contributed by atoms with Crippen LogP contribution in [0.3, 0.4) is 0 Å². The van der Waals surface area contributed by atoms with E-state index in [2.05, 4.69) is 0 Å². The molecule has 94 valence electrons. The number of aryl methyl sites for hydroxylation is 1. The van der Waals surface area contributed by atoms with Gasteiger partial charge in [0.25, 0.3) is 0 Å². The summed E-state index contributed by atoms with van der Waals surface area (Å²) in [6, 6.07) is 6.38. The summed E-state index contributed by atoms with van der Waals surface area (Å²) in [6.07, 6.45) is -6.45. The van der Waals surface area contributed by atoms with Crippen LogP contribution in [0.15, 0.2) is 24.3 Å². The zero-order valence-electron chi connectivity index (χ0n) is 9.33. The van der Waals surface area contributed by atoms with Crippen LogP contribution in [0.5, 0.6) is 0 Å². The fourth-order valence-corrected chi connectivity index (χ4v) is 1.61. The number of ether oxygens (including phenoxy) is 2. The second-order valence-corrected chi connectivity index (χ2v) is 4.07. The molecule has 0 amide bonds. The van der Waals surface area contributed by atoms with Gasteiger partial charge in [0, 0.05) is 0 Å².